The molecule has 0 unspecified atom stereocenters. The van der Waals surface area contributed by atoms with Crippen molar-refractivity contribution in [1.29, 1.82) is 0 Å². The molecule has 0 aliphatic rings. The lowest BCUT2D eigenvalue weighted by Gasteiger charge is -2.24. The standard InChI is InChI=1S/C18H26O6/c1-5-23-18(21)13(3)12(2)17(22-4)16(20)14-6-8-15(9-7-14)24-11-10-19/h6-9,16-17,19-20H,5,10-11H2,1-4H3/b13-12+/t16-,17-/m0/s1. The predicted molar refractivity (Wildman–Crippen MR) is 89.8 cm³/mol. The molecule has 1 aromatic carbocycles. The van der Waals surface area contributed by atoms with E-state index in [2.05, 4.69) is 0 Å². The van der Waals surface area contributed by atoms with Crippen LogP contribution in [-0.2, 0) is 14.3 Å². The van der Waals surface area contributed by atoms with Gasteiger partial charge in [0.25, 0.3) is 0 Å². The molecular formula is C18H26O6. The number of carbonyl (C=O) groups excluding carboxylic acids is 1. The van der Waals surface area contributed by atoms with Gasteiger partial charge in [0, 0.05) is 12.7 Å². The first kappa shape index (κ1) is 20.2. The van der Waals surface area contributed by atoms with Crippen LogP contribution in [-0.4, -0.2) is 49.2 Å². The number of hydrogen-bond acceptors (Lipinski definition) is 6. The van der Waals surface area contributed by atoms with Crippen molar-refractivity contribution in [3.63, 3.8) is 0 Å². The molecule has 24 heavy (non-hydrogen) atoms. The molecule has 134 valence electrons. The van der Waals surface area contributed by atoms with Crippen LogP contribution in [0.2, 0.25) is 0 Å². The summed E-state index contributed by atoms with van der Waals surface area (Å²) < 4.78 is 15.7. The maximum Gasteiger partial charge on any atom is 0.333 e. The third-order valence-electron chi connectivity index (χ3n) is 3.72. The van der Waals surface area contributed by atoms with E-state index < -0.39 is 18.2 Å². The number of benzene rings is 1. The van der Waals surface area contributed by atoms with Gasteiger partial charge in [0.2, 0.25) is 0 Å². The Kier molecular flexibility index (Phi) is 8.46. The zero-order chi connectivity index (χ0) is 18.1. The van der Waals surface area contributed by atoms with E-state index in [1.54, 1.807) is 45.0 Å². The SMILES string of the molecule is CCOC(=O)/C(C)=C(\C)[C@H](OC)[C@@H](O)c1ccc(OCCO)cc1. The van der Waals surface area contributed by atoms with Gasteiger partial charge in [-0.2, -0.15) is 0 Å². The molecule has 0 bridgehead atoms. The first-order chi connectivity index (χ1) is 11.5. The highest BCUT2D eigenvalue weighted by molar-refractivity contribution is 5.88. The maximum absolute atomic E-state index is 11.9. The van der Waals surface area contributed by atoms with E-state index in [0.29, 0.717) is 29.1 Å². The van der Waals surface area contributed by atoms with E-state index in [-0.39, 0.29) is 13.2 Å². The van der Waals surface area contributed by atoms with Gasteiger partial charge in [-0.15, -0.1) is 0 Å². The fourth-order valence-electron chi connectivity index (χ4n) is 2.26. The number of aliphatic hydroxyl groups excluding tert-OH is 2. The highest BCUT2D eigenvalue weighted by Gasteiger charge is 2.25. The van der Waals surface area contributed by atoms with Crippen molar-refractivity contribution in [2.45, 2.75) is 33.0 Å². The molecule has 2 N–H and O–H groups in total. The molecule has 1 aromatic rings. The van der Waals surface area contributed by atoms with Crippen LogP contribution in [0, 0.1) is 0 Å². The normalized spacial score (nSPS) is 14.6. The van der Waals surface area contributed by atoms with Crippen molar-refractivity contribution in [3.8, 4) is 5.75 Å². The number of rotatable bonds is 9. The maximum atomic E-state index is 11.9. The van der Waals surface area contributed by atoms with Crippen LogP contribution in [0.25, 0.3) is 0 Å². The molecule has 0 aliphatic carbocycles. The summed E-state index contributed by atoms with van der Waals surface area (Å²) in [6, 6.07) is 6.85. The number of aliphatic hydroxyl groups is 2. The molecule has 2 atom stereocenters. The Morgan fingerprint density at radius 3 is 2.33 bits per heavy atom. The summed E-state index contributed by atoms with van der Waals surface area (Å²) >= 11 is 0. The Balaban J connectivity index is 2.94. The van der Waals surface area contributed by atoms with Gasteiger partial charge < -0.3 is 24.4 Å². The van der Waals surface area contributed by atoms with Crippen LogP contribution in [0.4, 0.5) is 0 Å². The van der Waals surface area contributed by atoms with Crippen LogP contribution in [0.1, 0.15) is 32.4 Å². The van der Waals surface area contributed by atoms with Crippen molar-refractivity contribution >= 4 is 5.97 Å². The Morgan fingerprint density at radius 2 is 1.83 bits per heavy atom. The van der Waals surface area contributed by atoms with Crippen LogP contribution in [0.5, 0.6) is 5.75 Å². The highest BCUT2D eigenvalue weighted by atomic mass is 16.5. The monoisotopic (exact) mass is 338 g/mol. The molecule has 0 spiro atoms. The van der Waals surface area contributed by atoms with Crippen molar-refractivity contribution in [2.24, 2.45) is 0 Å². The zero-order valence-corrected chi connectivity index (χ0v) is 14.6. The van der Waals surface area contributed by atoms with E-state index in [0.717, 1.165) is 0 Å². The van der Waals surface area contributed by atoms with Gasteiger partial charge in [0.15, 0.2) is 0 Å². The Morgan fingerprint density at radius 1 is 1.21 bits per heavy atom. The second-order valence-electron chi connectivity index (χ2n) is 5.27. The summed E-state index contributed by atoms with van der Waals surface area (Å²) in [5.41, 5.74) is 1.67. The van der Waals surface area contributed by atoms with Crippen LogP contribution >= 0.6 is 0 Å². The van der Waals surface area contributed by atoms with Gasteiger partial charge >= 0.3 is 5.97 Å². The average Bonchev–Trinajstić information content (AvgIpc) is 2.60. The molecule has 1 rings (SSSR count). The fourth-order valence-corrected chi connectivity index (χ4v) is 2.26. The summed E-state index contributed by atoms with van der Waals surface area (Å²) in [6.07, 6.45) is -1.61. The van der Waals surface area contributed by atoms with E-state index in [1.807, 2.05) is 0 Å². The minimum atomic E-state index is -0.939. The van der Waals surface area contributed by atoms with Crippen molar-refractivity contribution in [2.75, 3.05) is 26.9 Å². The number of ether oxygens (including phenoxy) is 3. The summed E-state index contributed by atoms with van der Waals surface area (Å²) in [7, 11) is 1.48. The fraction of sp³-hybridized carbons (Fsp3) is 0.500. The van der Waals surface area contributed by atoms with Gasteiger partial charge in [-0.05, 0) is 44.0 Å². The zero-order valence-electron chi connectivity index (χ0n) is 14.6. The third kappa shape index (κ3) is 5.33. The third-order valence-corrected chi connectivity index (χ3v) is 3.72. The van der Waals surface area contributed by atoms with E-state index >= 15 is 0 Å². The van der Waals surface area contributed by atoms with Crippen LogP contribution in [0.3, 0.4) is 0 Å². The molecule has 6 heteroatoms. The number of carbonyl (C=O) groups is 1. The molecule has 0 amide bonds. The second kappa shape index (κ2) is 10.1. The van der Waals surface area contributed by atoms with Crippen molar-refractivity contribution in [1.82, 2.24) is 0 Å². The lowest BCUT2D eigenvalue weighted by Crippen LogP contribution is -2.24. The van der Waals surface area contributed by atoms with E-state index in [1.165, 1.54) is 7.11 Å². The molecule has 0 saturated heterocycles. The number of hydrogen-bond donors (Lipinski definition) is 2. The van der Waals surface area contributed by atoms with Gasteiger partial charge in [-0.25, -0.2) is 4.79 Å². The second-order valence-corrected chi connectivity index (χ2v) is 5.27. The van der Waals surface area contributed by atoms with Crippen molar-refractivity contribution in [3.05, 3.63) is 41.0 Å². The van der Waals surface area contributed by atoms with Gasteiger partial charge in [-0.3, -0.25) is 0 Å². The Bertz CT molecular complexity index is 549. The van der Waals surface area contributed by atoms with E-state index in [4.69, 9.17) is 19.3 Å². The highest BCUT2D eigenvalue weighted by Crippen LogP contribution is 2.27. The quantitative estimate of drug-likeness (QED) is 0.529. The molecule has 0 aliphatic heterocycles. The molecular weight excluding hydrogens is 312 g/mol. The largest absolute Gasteiger partial charge is 0.491 e. The summed E-state index contributed by atoms with van der Waals surface area (Å²) in [5.74, 6) is 0.181. The molecule has 0 radical (unpaired) electrons. The summed E-state index contributed by atoms with van der Waals surface area (Å²) in [6.45, 7) is 5.57. The number of esters is 1. The first-order valence-electron chi connectivity index (χ1n) is 7.85. The predicted octanol–water partition coefficient (Wildman–Crippen LogP) is 2.01. The molecule has 0 fully saturated rings. The van der Waals surface area contributed by atoms with Crippen LogP contribution in [0.15, 0.2) is 35.4 Å². The minimum absolute atomic E-state index is 0.0623. The summed E-state index contributed by atoms with van der Waals surface area (Å²) in [5, 5.41) is 19.3. The average molecular weight is 338 g/mol. The lowest BCUT2D eigenvalue weighted by atomic mass is 9.96. The van der Waals surface area contributed by atoms with Gasteiger partial charge in [0.1, 0.15) is 24.6 Å². The Hall–Kier alpha value is -1.89. The minimum Gasteiger partial charge on any atom is -0.491 e. The van der Waals surface area contributed by atoms with Gasteiger partial charge in [0.05, 0.1) is 13.2 Å². The first-order valence-corrected chi connectivity index (χ1v) is 7.85. The van der Waals surface area contributed by atoms with Crippen molar-refractivity contribution < 1.29 is 29.2 Å². The summed E-state index contributed by atoms with van der Waals surface area (Å²) in [4.78, 5) is 11.9. The number of methoxy groups -OCH3 is 1. The topological polar surface area (TPSA) is 85.2 Å². The van der Waals surface area contributed by atoms with Gasteiger partial charge in [-0.1, -0.05) is 12.1 Å². The molecule has 6 nitrogen and oxygen atoms in total. The molecule has 0 aromatic heterocycles. The Labute approximate surface area is 142 Å². The lowest BCUT2D eigenvalue weighted by molar-refractivity contribution is -0.138. The van der Waals surface area contributed by atoms with E-state index in [9.17, 15) is 9.90 Å². The molecule has 0 heterocycles. The smallest absolute Gasteiger partial charge is 0.333 e. The molecule has 0 saturated carbocycles. The van der Waals surface area contributed by atoms with Crippen LogP contribution < -0.4 is 4.74 Å².